The molecule has 5 rings (SSSR count). The molecule has 1 aliphatic carbocycles. The first kappa shape index (κ1) is 29.0. The lowest BCUT2D eigenvalue weighted by molar-refractivity contribution is -0.137. The van der Waals surface area contributed by atoms with Gasteiger partial charge < -0.3 is 19.9 Å². The topological polar surface area (TPSA) is 128 Å². The average molecular weight is 572 g/mol. The van der Waals surface area contributed by atoms with Crippen molar-refractivity contribution >= 4 is 23.0 Å². The number of carbonyl (C=O) groups excluding carboxylic acids is 1. The zero-order valence-corrected chi connectivity index (χ0v) is 24.3. The third-order valence-corrected chi connectivity index (χ3v) is 7.13. The van der Waals surface area contributed by atoms with E-state index in [1.807, 2.05) is 24.3 Å². The highest BCUT2D eigenvalue weighted by Gasteiger charge is 2.22. The highest BCUT2D eigenvalue weighted by atomic mass is 16.6. The van der Waals surface area contributed by atoms with Gasteiger partial charge in [0.15, 0.2) is 0 Å². The minimum atomic E-state index is -0.961. The molecule has 10 nitrogen and oxygen atoms in total. The summed E-state index contributed by atoms with van der Waals surface area (Å²) in [4.78, 5) is 33.1. The summed E-state index contributed by atoms with van der Waals surface area (Å²) >= 11 is 0. The number of hydrogen-bond acceptors (Lipinski definition) is 7. The standard InChI is InChI=1S/C32H37N5O5/c1-32(2,3)42-31(40)34-18-21-14-23(19-33-17-21)29(16-30(38)39)37-28-11-10-26(15-24(28)20-35-37)41-13-12-25-9-8-22-6-4-5-7-27(22)36-25/h8-11,14-15,17,19-20,29H,4-7,12-13,16,18H2,1-3H3,(H,34,40)(H,38,39). The maximum atomic E-state index is 12.1. The van der Waals surface area contributed by atoms with Gasteiger partial charge in [-0.25, -0.2) is 4.79 Å². The number of carbonyl (C=O) groups is 2. The van der Waals surface area contributed by atoms with Crippen LogP contribution in [0, 0.1) is 0 Å². The van der Waals surface area contributed by atoms with Crippen LogP contribution in [-0.2, 0) is 35.3 Å². The fourth-order valence-corrected chi connectivity index (χ4v) is 5.20. The number of amides is 1. The molecule has 0 saturated heterocycles. The average Bonchev–Trinajstić information content (AvgIpc) is 3.37. The molecule has 10 heteroatoms. The molecule has 0 spiro atoms. The maximum absolute atomic E-state index is 12.1. The summed E-state index contributed by atoms with van der Waals surface area (Å²) in [6, 6.07) is 11.2. The van der Waals surface area contributed by atoms with Crippen molar-refractivity contribution in [1.82, 2.24) is 25.1 Å². The minimum Gasteiger partial charge on any atom is -0.493 e. The number of fused-ring (bicyclic) bond motifs is 2. The lowest BCUT2D eigenvalue weighted by Gasteiger charge is -2.20. The molecule has 0 radical (unpaired) electrons. The predicted molar refractivity (Wildman–Crippen MR) is 158 cm³/mol. The second kappa shape index (κ2) is 12.6. The van der Waals surface area contributed by atoms with Crippen LogP contribution in [0.25, 0.3) is 10.9 Å². The van der Waals surface area contributed by atoms with Crippen LogP contribution in [0.3, 0.4) is 0 Å². The third kappa shape index (κ3) is 7.43. The zero-order chi connectivity index (χ0) is 29.7. The van der Waals surface area contributed by atoms with Crippen molar-refractivity contribution < 1.29 is 24.2 Å². The number of pyridine rings is 2. The van der Waals surface area contributed by atoms with Crippen LogP contribution < -0.4 is 10.1 Å². The van der Waals surface area contributed by atoms with E-state index in [1.165, 1.54) is 24.1 Å². The van der Waals surface area contributed by atoms with Crippen LogP contribution in [0.5, 0.6) is 5.75 Å². The van der Waals surface area contributed by atoms with Crippen LogP contribution in [0.2, 0.25) is 0 Å². The lowest BCUT2D eigenvalue weighted by atomic mass is 9.96. The van der Waals surface area contributed by atoms with E-state index in [0.29, 0.717) is 23.5 Å². The number of nitrogens with zero attached hydrogens (tertiary/aromatic N) is 4. The Morgan fingerprint density at radius 1 is 1.07 bits per heavy atom. The summed E-state index contributed by atoms with van der Waals surface area (Å²) in [5.41, 5.74) is 5.19. The molecule has 0 bridgehead atoms. The number of nitrogens with one attached hydrogen (secondary N) is 1. The first-order valence-corrected chi connectivity index (χ1v) is 14.3. The highest BCUT2D eigenvalue weighted by Crippen LogP contribution is 2.29. The van der Waals surface area contributed by atoms with Gasteiger partial charge in [-0.2, -0.15) is 5.10 Å². The smallest absolute Gasteiger partial charge is 0.407 e. The molecule has 1 unspecified atom stereocenters. The van der Waals surface area contributed by atoms with Crippen molar-refractivity contribution in [2.75, 3.05) is 6.61 Å². The van der Waals surface area contributed by atoms with Crippen LogP contribution in [0.4, 0.5) is 4.79 Å². The van der Waals surface area contributed by atoms with E-state index in [4.69, 9.17) is 14.5 Å². The first-order chi connectivity index (χ1) is 20.1. The Hall–Kier alpha value is -4.47. The van der Waals surface area contributed by atoms with E-state index < -0.39 is 23.7 Å². The molecule has 220 valence electrons. The van der Waals surface area contributed by atoms with Crippen LogP contribution >= 0.6 is 0 Å². The van der Waals surface area contributed by atoms with Gasteiger partial charge in [0.25, 0.3) is 0 Å². The van der Waals surface area contributed by atoms with Crippen molar-refractivity contribution in [2.45, 2.75) is 77.5 Å². The van der Waals surface area contributed by atoms with Crippen molar-refractivity contribution in [3.63, 3.8) is 0 Å². The van der Waals surface area contributed by atoms with Crippen molar-refractivity contribution in [3.8, 4) is 5.75 Å². The Bertz CT molecular complexity index is 1580. The first-order valence-electron chi connectivity index (χ1n) is 14.3. The molecule has 1 amide bonds. The fraction of sp³-hybridized carbons (Fsp3) is 0.406. The molecule has 1 atom stereocenters. The number of ether oxygens (including phenoxy) is 2. The lowest BCUT2D eigenvalue weighted by Crippen LogP contribution is -2.32. The normalized spacial score (nSPS) is 13.8. The summed E-state index contributed by atoms with van der Waals surface area (Å²) < 4.78 is 13.0. The number of aliphatic carboxylic acids is 1. The minimum absolute atomic E-state index is 0.187. The van der Waals surface area contributed by atoms with Gasteiger partial charge in [0, 0.05) is 42.1 Å². The molecule has 0 fully saturated rings. The number of rotatable bonds is 10. The SMILES string of the molecule is CC(C)(C)OC(=O)NCc1cncc(C(CC(=O)O)n2ncc3cc(OCCc4ccc5c(n4)CCCC5)ccc32)c1. The Labute approximate surface area is 245 Å². The molecule has 3 aromatic heterocycles. The monoisotopic (exact) mass is 571 g/mol. The quantitative estimate of drug-likeness (QED) is 0.258. The summed E-state index contributed by atoms with van der Waals surface area (Å²) in [5.74, 6) is -0.247. The fourth-order valence-electron chi connectivity index (χ4n) is 5.20. The molecule has 4 aromatic rings. The molecular weight excluding hydrogens is 534 g/mol. The molecular formula is C32H37N5O5. The Morgan fingerprint density at radius 3 is 2.71 bits per heavy atom. The summed E-state index contributed by atoms with van der Waals surface area (Å²) in [7, 11) is 0. The molecule has 0 aliphatic heterocycles. The van der Waals surface area contributed by atoms with Gasteiger partial charge in [-0.1, -0.05) is 6.07 Å². The molecule has 3 heterocycles. The highest BCUT2D eigenvalue weighted by molar-refractivity contribution is 5.81. The number of alkyl carbamates (subject to hydrolysis) is 1. The number of carboxylic acid groups (broad SMARTS) is 1. The number of benzene rings is 1. The maximum Gasteiger partial charge on any atom is 0.407 e. The number of aryl methyl sites for hydroxylation is 2. The Kier molecular flexibility index (Phi) is 8.70. The summed E-state index contributed by atoms with van der Waals surface area (Å²) in [6.07, 6.45) is 9.58. The third-order valence-electron chi connectivity index (χ3n) is 7.13. The Balaban J connectivity index is 1.28. The van der Waals surface area contributed by atoms with E-state index in [0.717, 1.165) is 35.9 Å². The van der Waals surface area contributed by atoms with Gasteiger partial charge in [-0.15, -0.1) is 0 Å². The molecule has 0 saturated carbocycles. The summed E-state index contributed by atoms with van der Waals surface area (Å²) in [6.45, 7) is 6.08. The van der Waals surface area contributed by atoms with Gasteiger partial charge in [0.2, 0.25) is 0 Å². The molecule has 2 N–H and O–H groups in total. The van der Waals surface area contributed by atoms with E-state index in [1.54, 1.807) is 44.0 Å². The van der Waals surface area contributed by atoms with E-state index in [2.05, 4.69) is 27.5 Å². The number of hydrogen-bond donors (Lipinski definition) is 2. The molecule has 42 heavy (non-hydrogen) atoms. The largest absolute Gasteiger partial charge is 0.493 e. The number of carboxylic acids is 1. The second-order valence-electron chi connectivity index (χ2n) is 11.6. The zero-order valence-electron chi connectivity index (χ0n) is 24.3. The van der Waals surface area contributed by atoms with Crippen molar-refractivity contribution in [3.05, 3.63) is 83.1 Å². The van der Waals surface area contributed by atoms with E-state index in [-0.39, 0.29) is 13.0 Å². The second-order valence-corrected chi connectivity index (χ2v) is 11.6. The van der Waals surface area contributed by atoms with Crippen LogP contribution in [-0.4, -0.2) is 49.1 Å². The Morgan fingerprint density at radius 2 is 1.90 bits per heavy atom. The van der Waals surface area contributed by atoms with E-state index >= 15 is 0 Å². The predicted octanol–water partition coefficient (Wildman–Crippen LogP) is 5.42. The van der Waals surface area contributed by atoms with Crippen molar-refractivity contribution in [1.29, 1.82) is 0 Å². The summed E-state index contributed by atoms with van der Waals surface area (Å²) in [5, 5.41) is 17.8. The van der Waals surface area contributed by atoms with Crippen LogP contribution in [0.15, 0.2) is 55.0 Å². The number of aromatic nitrogens is 4. The van der Waals surface area contributed by atoms with Gasteiger partial charge in [0.1, 0.15) is 11.4 Å². The molecule has 1 aliphatic rings. The van der Waals surface area contributed by atoms with Gasteiger partial charge in [-0.3, -0.25) is 19.4 Å². The van der Waals surface area contributed by atoms with Crippen molar-refractivity contribution in [2.24, 2.45) is 0 Å². The molecule has 1 aromatic carbocycles. The van der Waals surface area contributed by atoms with Gasteiger partial charge in [-0.05, 0) is 93.5 Å². The van der Waals surface area contributed by atoms with Gasteiger partial charge >= 0.3 is 12.1 Å². The van der Waals surface area contributed by atoms with Crippen LogP contribution in [0.1, 0.15) is 74.2 Å². The van der Waals surface area contributed by atoms with Gasteiger partial charge in [0.05, 0.1) is 30.8 Å². The van der Waals surface area contributed by atoms with E-state index in [9.17, 15) is 14.7 Å².